The van der Waals surface area contributed by atoms with Gasteiger partial charge in [0.2, 0.25) is 0 Å². The van der Waals surface area contributed by atoms with E-state index in [4.69, 9.17) is 4.98 Å². The normalized spacial score (nSPS) is 14.3. The summed E-state index contributed by atoms with van der Waals surface area (Å²) in [5.41, 5.74) is 45.5. The van der Waals surface area contributed by atoms with Crippen LogP contribution >= 0.6 is 0 Å². The van der Waals surface area contributed by atoms with Crippen LogP contribution in [0, 0.1) is 0 Å². The average molecular weight is 1680 g/mol. The molecule has 1 nitrogen and oxygen atoms in total. The molecule has 1 unspecified atom stereocenters. The zero-order chi connectivity index (χ0) is 87.2. The van der Waals surface area contributed by atoms with E-state index in [1.165, 1.54) is 254 Å². The van der Waals surface area contributed by atoms with Gasteiger partial charge in [-0.1, -0.05) is 461 Å². The SMILES string of the molecule is c1cc(-c2ccc3c(c2)C2(c4ccccc4-3)c3cccc4cccc2c34)cc(-c2cccc3cccnc23)c1.c1ccc(-c2c3ccccc3c(-c3ccc(-c4ccc5c6c(cccc46)C54c5ccccc5-c5ccccc54)cc3)c3ccccc23)cc1.c1ccc(-c2ccc3c(c2)C2(c4ccccc4-3)c3cccc4c(-c5ccc(-c6cccc7ccccc67)cc5)ccc2c34)cc1. The zero-order valence-corrected chi connectivity index (χ0v) is 72.7. The summed E-state index contributed by atoms with van der Waals surface area (Å²) in [7, 11) is 0. The molecule has 0 saturated carbocycles. The van der Waals surface area contributed by atoms with Gasteiger partial charge in [-0.2, -0.15) is 0 Å². The monoisotopic (exact) mass is 1680 g/mol. The summed E-state index contributed by atoms with van der Waals surface area (Å²) in [6.45, 7) is 0. The molecule has 30 rings (SSSR count). The summed E-state index contributed by atoms with van der Waals surface area (Å²) in [6, 6.07) is 180. The van der Waals surface area contributed by atoms with E-state index in [9.17, 15) is 0 Å². The molecule has 0 bridgehead atoms. The lowest BCUT2D eigenvalue weighted by Crippen LogP contribution is -2.36. The number of benzene rings is 23. The minimum atomic E-state index is -0.248. The van der Waals surface area contributed by atoms with Gasteiger partial charge in [-0.25, -0.2) is 0 Å². The van der Waals surface area contributed by atoms with Crippen LogP contribution in [0.5, 0.6) is 0 Å². The highest BCUT2D eigenvalue weighted by atomic mass is 14.7. The second-order valence-electron chi connectivity index (χ2n) is 36.7. The van der Waals surface area contributed by atoms with Crippen molar-refractivity contribution in [3.05, 3.63) is 558 Å². The standard InChI is InChI=1S/C49H30.C45H28.C38H23N/c1-2-13-32(14-3-1)46-38-17-4-6-19-40(38)47(41-20-7-5-18-39(41)46)33-27-25-31(26-28-33)34-29-30-45-48-37(34)21-12-24-44(48)49(45)42-22-10-8-15-35(42)36-16-9-11-23-43(36)49;1-2-10-29(11-3-1)33-24-25-38-37-15-6-7-18-40(37)45(43(38)28-33)41-19-9-17-39-36(26-27-42(45)44(39)41)32-22-20-31(21-23-32)35-16-8-13-30-12-4-5-14-34(30)35;1-2-16-32-30(14-1)31-20-19-27(23-35(31)38(32)33-17-5-8-24-9-6-18-34(38)36(24)33)26-11-3-12-28(22-26)29-15-4-10-25-13-7-21-39-37(25)29/h1-30H;1-28H;1-23H. The lowest BCUT2D eigenvalue weighted by molar-refractivity contribution is 0.745. The molecule has 24 aromatic rings. The lowest BCUT2D eigenvalue weighted by Gasteiger charge is -2.44. The Morgan fingerprint density at radius 2 is 0.421 bits per heavy atom. The van der Waals surface area contributed by atoms with E-state index in [1.807, 2.05) is 12.3 Å². The zero-order valence-electron chi connectivity index (χ0n) is 72.7. The second kappa shape index (κ2) is 29.0. The highest BCUT2D eigenvalue weighted by Crippen LogP contribution is 2.68. The highest BCUT2D eigenvalue weighted by Gasteiger charge is 2.56. The molecular formula is C132H81N. The van der Waals surface area contributed by atoms with Gasteiger partial charge in [0.1, 0.15) is 0 Å². The van der Waals surface area contributed by atoms with Crippen molar-refractivity contribution < 1.29 is 0 Å². The predicted octanol–water partition coefficient (Wildman–Crippen LogP) is 33.9. The van der Waals surface area contributed by atoms with Crippen LogP contribution in [-0.2, 0) is 16.2 Å². The van der Waals surface area contributed by atoms with Crippen molar-refractivity contribution in [1.29, 1.82) is 0 Å². The van der Waals surface area contributed by atoms with Crippen molar-refractivity contribution in [2.75, 3.05) is 0 Å². The molecule has 0 saturated heterocycles. The summed E-state index contributed by atoms with van der Waals surface area (Å²) in [4.78, 5) is 4.71. The first-order valence-corrected chi connectivity index (χ1v) is 46.5. The third-order valence-corrected chi connectivity index (χ3v) is 30.5. The number of hydrogen-bond acceptors (Lipinski definition) is 1. The fourth-order valence-electron chi connectivity index (χ4n) is 25.0. The molecule has 23 aromatic carbocycles. The first-order chi connectivity index (χ1) is 66.0. The Hall–Kier alpha value is -17.0. The van der Waals surface area contributed by atoms with Gasteiger partial charge >= 0.3 is 0 Å². The quantitative estimate of drug-likeness (QED) is 0.138. The minimum absolute atomic E-state index is 0.196. The van der Waals surface area contributed by atoms with Gasteiger partial charge in [0.15, 0.2) is 0 Å². The average Bonchev–Trinajstić information content (AvgIpc) is 1.52. The van der Waals surface area contributed by atoms with E-state index in [1.54, 1.807) is 0 Å². The van der Waals surface area contributed by atoms with E-state index in [2.05, 4.69) is 479 Å². The van der Waals surface area contributed by atoms with E-state index in [0.29, 0.717) is 0 Å². The number of fused-ring (bicyclic) bond motifs is 25. The lowest BCUT2D eigenvalue weighted by atomic mass is 9.57. The van der Waals surface area contributed by atoms with E-state index in [0.717, 1.165) is 10.9 Å². The number of nitrogens with zero attached hydrogens (tertiary/aromatic N) is 1. The van der Waals surface area contributed by atoms with Crippen molar-refractivity contribution in [1.82, 2.24) is 4.98 Å². The van der Waals surface area contributed by atoms with Crippen molar-refractivity contribution >= 4 is 75.5 Å². The van der Waals surface area contributed by atoms with Crippen LogP contribution in [0.25, 0.3) is 198 Å². The molecule has 614 valence electrons. The van der Waals surface area contributed by atoms with E-state index < -0.39 is 0 Å². The minimum Gasteiger partial charge on any atom is -0.256 e. The Bertz CT molecular complexity index is 8890. The van der Waals surface area contributed by atoms with Gasteiger partial charge in [-0.05, 0) is 272 Å². The van der Waals surface area contributed by atoms with Crippen molar-refractivity contribution in [3.63, 3.8) is 0 Å². The molecule has 0 fully saturated rings. The van der Waals surface area contributed by atoms with Gasteiger partial charge in [-0.3, -0.25) is 4.98 Å². The molecule has 133 heavy (non-hydrogen) atoms. The van der Waals surface area contributed by atoms with E-state index in [-0.39, 0.29) is 16.2 Å². The first kappa shape index (κ1) is 75.0. The number of hydrogen-bond donors (Lipinski definition) is 0. The molecule has 6 aliphatic carbocycles. The van der Waals surface area contributed by atoms with Gasteiger partial charge in [-0.15, -0.1) is 0 Å². The maximum Gasteiger partial charge on any atom is 0.0780 e. The summed E-state index contributed by atoms with van der Waals surface area (Å²) in [5, 5.41) is 17.1. The summed E-state index contributed by atoms with van der Waals surface area (Å²) < 4.78 is 0. The highest BCUT2D eigenvalue weighted by molar-refractivity contribution is 6.22. The molecule has 1 atom stereocenters. The molecule has 6 aliphatic rings. The Balaban J connectivity index is 0.000000100. The summed E-state index contributed by atoms with van der Waals surface area (Å²) in [6.07, 6.45) is 1.88. The summed E-state index contributed by atoms with van der Waals surface area (Å²) >= 11 is 0. The van der Waals surface area contributed by atoms with Crippen molar-refractivity contribution in [2.24, 2.45) is 0 Å². The van der Waals surface area contributed by atoms with Crippen LogP contribution in [0.1, 0.15) is 66.8 Å². The Kier molecular flexibility index (Phi) is 16.4. The molecule has 0 N–H and O–H groups in total. The van der Waals surface area contributed by atoms with Crippen molar-refractivity contribution in [2.45, 2.75) is 16.2 Å². The Morgan fingerprint density at radius 1 is 0.135 bits per heavy atom. The number of aromatic nitrogens is 1. The molecule has 0 amide bonds. The van der Waals surface area contributed by atoms with Crippen LogP contribution in [0.2, 0.25) is 0 Å². The largest absolute Gasteiger partial charge is 0.256 e. The van der Waals surface area contributed by atoms with E-state index >= 15 is 0 Å². The van der Waals surface area contributed by atoms with Crippen LogP contribution in [0.15, 0.2) is 492 Å². The molecule has 1 heterocycles. The topological polar surface area (TPSA) is 12.9 Å². The number of pyridine rings is 1. The Labute approximate surface area is 771 Å². The van der Waals surface area contributed by atoms with Crippen molar-refractivity contribution in [3.8, 4) is 122 Å². The number of rotatable bonds is 8. The van der Waals surface area contributed by atoms with Crippen LogP contribution < -0.4 is 0 Å². The maximum absolute atomic E-state index is 4.71. The number of para-hydroxylation sites is 1. The second-order valence-corrected chi connectivity index (χ2v) is 36.7. The third kappa shape index (κ3) is 10.6. The molecule has 0 radical (unpaired) electrons. The smallest absolute Gasteiger partial charge is 0.0780 e. The Morgan fingerprint density at radius 3 is 0.932 bits per heavy atom. The van der Waals surface area contributed by atoms with Gasteiger partial charge in [0.05, 0.1) is 21.8 Å². The molecule has 1 aromatic heterocycles. The van der Waals surface area contributed by atoms with Crippen LogP contribution in [0.3, 0.4) is 0 Å². The summed E-state index contributed by atoms with van der Waals surface area (Å²) in [5.74, 6) is 0. The van der Waals surface area contributed by atoms with Gasteiger partial charge in [0.25, 0.3) is 0 Å². The van der Waals surface area contributed by atoms with Gasteiger partial charge < -0.3 is 0 Å². The molecule has 0 aliphatic heterocycles. The first-order valence-electron chi connectivity index (χ1n) is 46.5. The van der Waals surface area contributed by atoms with Gasteiger partial charge in [0, 0.05) is 17.1 Å². The van der Waals surface area contributed by atoms with Crippen LogP contribution in [0.4, 0.5) is 0 Å². The van der Waals surface area contributed by atoms with Crippen LogP contribution in [-0.4, -0.2) is 4.98 Å². The fraction of sp³-hybridized carbons (Fsp3) is 0.0227. The molecule has 3 spiro atoms. The molecular weight excluding hydrogens is 1600 g/mol. The maximum atomic E-state index is 4.71. The fourth-order valence-corrected chi connectivity index (χ4v) is 25.0. The predicted molar refractivity (Wildman–Crippen MR) is 556 cm³/mol. The molecule has 1 heteroatoms. The third-order valence-electron chi connectivity index (χ3n) is 30.5.